The van der Waals surface area contributed by atoms with Crippen molar-refractivity contribution in [2.45, 2.75) is 25.8 Å². The number of halogens is 1. The molecular weight excluding hydrogens is 298 g/mol. The van der Waals surface area contributed by atoms with Gasteiger partial charge in [0.05, 0.1) is 16.1 Å². The summed E-state index contributed by atoms with van der Waals surface area (Å²) < 4.78 is 5.96. The number of nitrogens with two attached hydrogens (primary N) is 1. The van der Waals surface area contributed by atoms with E-state index in [1.165, 1.54) is 12.8 Å². The van der Waals surface area contributed by atoms with Crippen LogP contribution in [0.5, 0.6) is 5.88 Å². The third-order valence-electron chi connectivity index (χ3n) is 4.11. The minimum atomic E-state index is -0.135. The maximum absolute atomic E-state index is 6.34. The molecule has 1 aromatic heterocycles. The summed E-state index contributed by atoms with van der Waals surface area (Å²) >= 11 is 6.34. The fourth-order valence-electron chi connectivity index (χ4n) is 2.87. The van der Waals surface area contributed by atoms with E-state index in [1.807, 2.05) is 31.2 Å². The predicted octanol–water partition coefficient (Wildman–Crippen LogP) is 3.38. The van der Waals surface area contributed by atoms with Crippen LogP contribution in [0.1, 0.15) is 31.5 Å². The van der Waals surface area contributed by atoms with Crippen molar-refractivity contribution in [2.75, 3.05) is 26.2 Å². The molecule has 2 heterocycles. The van der Waals surface area contributed by atoms with Crippen molar-refractivity contribution in [1.29, 1.82) is 0 Å². The fourth-order valence-corrected chi connectivity index (χ4v) is 3.13. The van der Waals surface area contributed by atoms with Gasteiger partial charge in [-0.3, -0.25) is 4.90 Å². The number of pyridine rings is 1. The molecule has 0 radical (unpaired) electrons. The maximum Gasteiger partial charge on any atom is 0.223 e. The first-order chi connectivity index (χ1) is 10.6. The van der Waals surface area contributed by atoms with Gasteiger partial charge in [0.2, 0.25) is 5.88 Å². The minimum Gasteiger partial charge on any atom is -0.476 e. The number of aromatic nitrogens is 1. The number of hydrogen-bond acceptors (Lipinski definition) is 4. The Bertz CT molecular complexity index is 654. The van der Waals surface area contributed by atoms with Gasteiger partial charge in [0.1, 0.15) is 6.61 Å². The van der Waals surface area contributed by atoms with Crippen LogP contribution in [0.25, 0.3) is 10.8 Å². The highest BCUT2D eigenvalue weighted by Crippen LogP contribution is 2.32. The van der Waals surface area contributed by atoms with Crippen molar-refractivity contribution >= 4 is 22.4 Å². The Morgan fingerprint density at radius 1 is 1.36 bits per heavy atom. The first-order valence-corrected chi connectivity index (χ1v) is 8.23. The predicted molar refractivity (Wildman–Crippen MR) is 90.5 cm³/mol. The molecule has 118 valence electrons. The summed E-state index contributed by atoms with van der Waals surface area (Å²) in [6, 6.07) is 7.67. The quantitative estimate of drug-likeness (QED) is 0.918. The third kappa shape index (κ3) is 3.35. The zero-order chi connectivity index (χ0) is 15.5. The minimum absolute atomic E-state index is 0.135. The Balaban J connectivity index is 1.85. The van der Waals surface area contributed by atoms with Gasteiger partial charge in [0.15, 0.2) is 0 Å². The van der Waals surface area contributed by atoms with Crippen LogP contribution in [-0.2, 0) is 0 Å². The second-order valence-electron chi connectivity index (χ2n) is 5.88. The van der Waals surface area contributed by atoms with E-state index in [0.717, 1.165) is 36.1 Å². The van der Waals surface area contributed by atoms with E-state index in [-0.39, 0.29) is 6.04 Å². The summed E-state index contributed by atoms with van der Waals surface area (Å²) in [5.41, 5.74) is 6.81. The van der Waals surface area contributed by atoms with Gasteiger partial charge in [-0.25, -0.2) is 4.98 Å². The first-order valence-electron chi connectivity index (χ1n) is 7.85. The summed E-state index contributed by atoms with van der Waals surface area (Å²) in [7, 11) is 0. The molecule has 0 aliphatic carbocycles. The van der Waals surface area contributed by atoms with Crippen molar-refractivity contribution in [3.05, 3.63) is 35.0 Å². The number of hydrogen-bond donors (Lipinski definition) is 1. The fraction of sp³-hybridized carbons (Fsp3) is 0.471. The molecule has 1 aromatic carbocycles. The lowest BCUT2D eigenvalue weighted by atomic mass is 10.1. The van der Waals surface area contributed by atoms with Crippen LogP contribution in [0, 0.1) is 0 Å². The molecule has 2 aromatic rings. The number of rotatable bonds is 5. The highest BCUT2D eigenvalue weighted by molar-refractivity contribution is 6.36. The van der Waals surface area contributed by atoms with Gasteiger partial charge in [-0.15, -0.1) is 0 Å². The van der Waals surface area contributed by atoms with E-state index in [4.69, 9.17) is 22.1 Å². The molecule has 0 unspecified atom stereocenters. The summed E-state index contributed by atoms with van der Waals surface area (Å²) in [4.78, 5) is 6.99. The van der Waals surface area contributed by atoms with Gasteiger partial charge >= 0.3 is 0 Å². The van der Waals surface area contributed by atoms with Gasteiger partial charge in [0.25, 0.3) is 0 Å². The van der Waals surface area contributed by atoms with Crippen LogP contribution in [0.2, 0.25) is 5.02 Å². The molecule has 22 heavy (non-hydrogen) atoms. The van der Waals surface area contributed by atoms with E-state index in [2.05, 4.69) is 9.88 Å². The van der Waals surface area contributed by atoms with E-state index in [0.29, 0.717) is 17.5 Å². The second kappa shape index (κ2) is 6.82. The molecule has 1 aliphatic rings. The molecule has 0 bridgehead atoms. The third-order valence-corrected chi connectivity index (χ3v) is 4.42. The highest BCUT2D eigenvalue weighted by atomic mass is 35.5. The van der Waals surface area contributed by atoms with E-state index >= 15 is 0 Å². The summed E-state index contributed by atoms with van der Waals surface area (Å²) in [5.74, 6) is 0.592. The van der Waals surface area contributed by atoms with Crippen LogP contribution < -0.4 is 10.5 Å². The standard InChI is InChI=1S/C17H22ClN3O/c1-12(19)15-11-13-5-4-6-14(18)16(13)17(20-15)22-10-9-21-7-2-3-8-21/h4-6,11-12H,2-3,7-10,19H2,1H3/t12-/m0/s1. The number of likely N-dealkylation sites (tertiary alicyclic amines) is 1. The second-order valence-corrected chi connectivity index (χ2v) is 6.28. The molecule has 2 N–H and O–H groups in total. The van der Waals surface area contributed by atoms with Crippen molar-refractivity contribution in [1.82, 2.24) is 9.88 Å². The molecule has 1 fully saturated rings. The monoisotopic (exact) mass is 319 g/mol. The Kier molecular flexibility index (Phi) is 4.81. The normalized spacial score (nSPS) is 17.0. The molecule has 0 amide bonds. The van der Waals surface area contributed by atoms with Crippen molar-refractivity contribution in [3.63, 3.8) is 0 Å². The molecule has 1 saturated heterocycles. The number of nitrogens with zero attached hydrogens (tertiary/aromatic N) is 2. The molecule has 5 heteroatoms. The molecular formula is C17H22ClN3O. The van der Waals surface area contributed by atoms with Crippen LogP contribution in [-0.4, -0.2) is 36.1 Å². The molecule has 0 spiro atoms. The van der Waals surface area contributed by atoms with Gasteiger partial charge in [-0.05, 0) is 50.4 Å². The first kappa shape index (κ1) is 15.5. The van der Waals surface area contributed by atoms with Gasteiger partial charge in [0, 0.05) is 12.6 Å². The summed E-state index contributed by atoms with van der Waals surface area (Å²) in [5, 5.41) is 2.55. The van der Waals surface area contributed by atoms with Gasteiger partial charge < -0.3 is 10.5 Å². The van der Waals surface area contributed by atoms with E-state index in [9.17, 15) is 0 Å². The lowest BCUT2D eigenvalue weighted by molar-refractivity contribution is 0.233. The van der Waals surface area contributed by atoms with Crippen LogP contribution in [0.4, 0.5) is 0 Å². The SMILES string of the molecule is C[C@H](N)c1cc2cccc(Cl)c2c(OCCN2CCCC2)n1. The number of benzene rings is 1. The Labute approximate surface area is 136 Å². The number of ether oxygens (including phenoxy) is 1. The highest BCUT2D eigenvalue weighted by Gasteiger charge is 2.14. The van der Waals surface area contributed by atoms with Gasteiger partial charge in [-0.1, -0.05) is 23.7 Å². The summed E-state index contributed by atoms with van der Waals surface area (Å²) in [6.45, 7) is 5.80. The van der Waals surface area contributed by atoms with Crippen LogP contribution in [0.3, 0.4) is 0 Å². The number of fused-ring (bicyclic) bond motifs is 1. The molecule has 3 rings (SSSR count). The van der Waals surface area contributed by atoms with Crippen molar-refractivity contribution < 1.29 is 4.74 Å². The molecule has 1 aliphatic heterocycles. The molecule has 1 atom stereocenters. The van der Waals surface area contributed by atoms with Crippen LogP contribution in [0.15, 0.2) is 24.3 Å². The Morgan fingerprint density at radius 2 is 2.14 bits per heavy atom. The largest absolute Gasteiger partial charge is 0.476 e. The van der Waals surface area contributed by atoms with Crippen molar-refractivity contribution in [3.8, 4) is 5.88 Å². The smallest absolute Gasteiger partial charge is 0.223 e. The lowest BCUT2D eigenvalue weighted by Gasteiger charge is -2.17. The average Bonchev–Trinajstić information content (AvgIpc) is 3.00. The molecule has 0 saturated carbocycles. The van der Waals surface area contributed by atoms with Gasteiger partial charge in [-0.2, -0.15) is 0 Å². The maximum atomic E-state index is 6.34. The zero-order valence-corrected chi connectivity index (χ0v) is 13.6. The Hall–Kier alpha value is -1.36. The summed E-state index contributed by atoms with van der Waals surface area (Å²) in [6.07, 6.45) is 2.57. The van der Waals surface area contributed by atoms with E-state index < -0.39 is 0 Å². The molecule has 4 nitrogen and oxygen atoms in total. The zero-order valence-electron chi connectivity index (χ0n) is 12.9. The van der Waals surface area contributed by atoms with Crippen LogP contribution >= 0.6 is 11.6 Å². The van der Waals surface area contributed by atoms with Crippen molar-refractivity contribution in [2.24, 2.45) is 5.73 Å². The lowest BCUT2D eigenvalue weighted by Crippen LogP contribution is -2.25. The average molecular weight is 320 g/mol. The van der Waals surface area contributed by atoms with E-state index in [1.54, 1.807) is 0 Å². The Morgan fingerprint density at radius 3 is 2.86 bits per heavy atom. The topological polar surface area (TPSA) is 51.4 Å².